The third-order valence-corrected chi connectivity index (χ3v) is 2.14. The zero-order valence-electron chi connectivity index (χ0n) is 8.83. The van der Waals surface area contributed by atoms with Crippen molar-refractivity contribution in [2.45, 2.75) is 6.92 Å². The van der Waals surface area contributed by atoms with Gasteiger partial charge in [-0.15, -0.1) is 11.6 Å². The molecule has 0 N–H and O–H groups in total. The first-order valence-electron chi connectivity index (χ1n) is 4.84. The highest BCUT2D eigenvalue weighted by atomic mass is 35.5. The van der Waals surface area contributed by atoms with E-state index in [9.17, 15) is 0 Å². The number of hydrogen-bond acceptors (Lipinski definition) is 2. The van der Waals surface area contributed by atoms with E-state index in [1.807, 2.05) is 31.2 Å². The Morgan fingerprint density at radius 2 is 1.73 bits per heavy atom. The summed E-state index contributed by atoms with van der Waals surface area (Å²) in [5.41, 5.74) is 0.866. The van der Waals surface area contributed by atoms with E-state index in [2.05, 4.69) is 6.58 Å². The van der Waals surface area contributed by atoms with Gasteiger partial charge in [-0.05, 0) is 36.8 Å². The van der Waals surface area contributed by atoms with E-state index in [1.165, 1.54) is 0 Å². The molecule has 0 unspecified atom stereocenters. The monoisotopic (exact) mass is 226 g/mol. The van der Waals surface area contributed by atoms with Gasteiger partial charge in [0.1, 0.15) is 18.1 Å². The Balaban J connectivity index is 2.45. The predicted molar refractivity (Wildman–Crippen MR) is 63.0 cm³/mol. The number of benzene rings is 1. The van der Waals surface area contributed by atoms with Gasteiger partial charge in [-0.2, -0.15) is 0 Å². The summed E-state index contributed by atoms with van der Waals surface area (Å²) in [6.07, 6.45) is 0. The lowest BCUT2D eigenvalue weighted by atomic mass is 10.3. The highest BCUT2D eigenvalue weighted by Crippen LogP contribution is 2.17. The molecule has 0 aliphatic rings. The fourth-order valence-electron chi connectivity index (χ4n) is 1.02. The minimum atomic E-state index is 0.428. The molecule has 0 radical (unpaired) electrons. The maximum absolute atomic E-state index is 5.59. The Bertz CT molecular complexity index is 306. The Kier molecular flexibility index (Phi) is 5.05. The van der Waals surface area contributed by atoms with Crippen LogP contribution in [0.5, 0.6) is 11.5 Å². The van der Waals surface area contributed by atoms with Gasteiger partial charge in [0, 0.05) is 5.88 Å². The van der Waals surface area contributed by atoms with E-state index >= 15 is 0 Å². The van der Waals surface area contributed by atoms with Gasteiger partial charge in [0.2, 0.25) is 0 Å². The molecule has 0 bridgehead atoms. The van der Waals surface area contributed by atoms with Crippen molar-refractivity contribution >= 4 is 11.6 Å². The minimum Gasteiger partial charge on any atom is -0.494 e. The number of hydrogen-bond donors (Lipinski definition) is 0. The van der Waals surface area contributed by atoms with E-state index in [-0.39, 0.29) is 0 Å². The van der Waals surface area contributed by atoms with E-state index in [1.54, 1.807) is 0 Å². The third kappa shape index (κ3) is 4.26. The summed E-state index contributed by atoms with van der Waals surface area (Å²) in [6.45, 7) is 6.83. The van der Waals surface area contributed by atoms with Crippen molar-refractivity contribution in [1.82, 2.24) is 0 Å². The first-order valence-corrected chi connectivity index (χ1v) is 5.38. The Morgan fingerprint density at radius 1 is 1.20 bits per heavy atom. The van der Waals surface area contributed by atoms with Crippen molar-refractivity contribution in [2.24, 2.45) is 0 Å². The molecule has 1 rings (SSSR count). The standard InChI is InChI=1S/C12H15ClO2/c1-3-14-11-4-6-12(7-5-11)15-9-10(2)8-13/h4-7H,2-3,8-9H2,1H3. The van der Waals surface area contributed by atoms with Crippen LogP contribution in [0, 0.1) is 0 Å². The summed E-state index contributed by atoms with van der Waals surface area (Å²) >= 11 is 5.59. The summed E-state index contributed by atoms with van der Waals surface area (Å²) in [5.74, 6) is 2.07. The molecule has 1 aromatic rings. The Hall–Kier alpha value is -1.15. The first-order chi connectivity index (χ1) is 7.26. The second-order valence-corrected chi connectivity index (χ2v) is 3.34. The third-order valence-electron chi connectivity index (χ3n) is 1.77. The van der Waals surface area contributed by atoms with Gasteiger partial charge in [-0.1, -0.05) is 6.58 Å². The van der Waals surface area contributed by atoms with Gasteiger partial charge in [0.15, 0.2) is 0 Å². The van der Waals surface area contributed by atoms with Crippen molar-refractivity contribution in [2.75, 3.05) is 19.1 Å². The summed E-state index contributed by atoms with van der Waals surface area (Å²) in [7, 11) is 0. The molecule has 0 saturated carbocycles. The van der Waals surface area contributed by atoms with Crippen LogP contribution in [0.2, 0.25) is 0 Å². The number of halogens is 1. The van der Waals surface area contributed by atoms with Crippen LogP contribution in [0.1, 0.15) is 6.92 Å². The van der Waals surface area contributed by atoms with Crippen LogP contribution in [0.25, 0.3) is 0 Å². The zero-order chi connectivity index (χ0) is 11.1. The molecule has 15 heavy (non-hydrogen) atoms. The van der Waals surface area contributed by atoms with E-state index in [0.29, 0.717) is 19.1 Å². The average Bonchev–Trinajstić information content (AvgIpc) is 2.28. The van der Waals surface area contributed by atoms with E-state index in [4.69, 9.17) is 21.1 Å². The SMILES string of the molecule is C=C(CCl)COc1ccc(OCC)cc1. The average molecular weight is 227 g/mol. The molecule has 0 aliphatic carbocycles. The van der Waals surface area contributed by atoms with Crippen LogP contribution in [0.4, 0.5) is 0 Å². The summed E-state index contributed by atoms with van der Waals surface area (Å²) in [4.78, 5) is 0. The van der Waals surface area contributed by atoms with Crippen LogP contribution in [0.3, 0.4) is 0 Å². The van der Waals surface area contributed by atoms with Crippen molar-refractivity contribution < 1.29 is 9.47 Å². The molecule has 82 valence electrons. The summed E-state index contributed by atoms with van der Waals surface area (Å²) in [5, 5.41) is 0. The van der Waals surface area contributed by atoms with Crippen molar-refractivity contribution in [3.8, 4) is 11.5 Å². The molecule has 1 aromatic carbocycles. The number of alkyl halides is 1. The fourth-order valence-corrected chi connectivity index (χ4v) is 1.10. The molecular weight excluding hydrogens is 212 g/mol. The fraction of sp³-hybridized carbons (Fsp3) is 0.333. The molecule has 2 nitrogen and oxygen atoms in total. The van der Waals surface area contributed by atoms with Crippen LogP contribution in [-0.4, -0.2) is 19.1 Å². The normalized spacial score (nSPS) is 9.73. The van der Waals surface area contributed by atoms with Crippen LogP contribution in [-0.2, 0) is 0 Å². The summed E-state index contributed by atoms with van der Waals surface area (Å²) < 4.78 is 10.8. The number of rotatable bonds is 6. The molecule has 0 aliphatic heterocycles. The molecule has 0 atom stereocenters. The second-order valence-electron chi connectivity index (χ2n) is 3.08. The van der Waals surface area contributed by atoms with Gasteiger partial charge in [-0.3, -0.25) is 0 Å². The molecule has 0 aromatic heterocycles. The van der Waals surface area contributed by atoms with E-state index in [0.717, 1.165) is 17.1 Å². The quantitative estimate of drug-likeness (QED) is 0.548. The van der Waals surface area contributed by atoms with Crippen LogP contribution < -0.4 is 9.47 Å². The van der Waals surface area contributed by atoms with Crippen molar-refractivity contribution in [1.29, 1.82) is 0 Å². The highest BCUT2D eigenvalue weighted by molar-refractivity contribution is 6.19. The smallest absolute Gasteiger partial charge is 0.120 e. The lowest BCUT2D eigenvalue weighted by Crippen LogP contribution is -2.01. The molecule has 0 saturated heterocycles. The molecule has 0 heterocycles. The summed E-state index contributed by atoms with van der Waals surface area (Å²) in [6, 6.07) is 7.49. The van der Waals surface area contributed by atoms with Crippen LogP contribution >= 0.6 is 11.6 Å². The molecule has 0 amide bonds. The van der Waals surface area contributed by atoms with Gasteiger partial charge in [-0.25, -0.2) is 0 Å². The van der Waals surface area contributed by atoms with Crippen LogP contribution in [0.15, 0.2) is 36.4 Å². The topological polar surface area (TPSA) is 18.5 Å². The maximum Gasteiger partial charge on any atom is 0.120 e. The lowest BCUT2D eigenvalue weighted by molar-refractivity contribution is 0.335. The first kappa shape index (κ1) is 11.9. The molecule has 3 heteroatoms. The second kappa shape index (κ2) is 6.36. The van der Waals surface area contributed by atoms with Gasteiger partial charge >= 0.3 is 0 Å². The Labute approximate surface area is 95.5 Å². The lowest BCUT2D eigenvalue weighted by Gasteiger charge is -2.07. The highest BCUT2D eigenvalue weighted by Gasteiger charge is 1.97. The van der Waals surface area contributed by atoms with Gasteiger partial charge in [0.25, 0.3) is 0 Å². The van der Waals surface area contributed by atoms with Crippen molar-refractivity contribution in [3.05, 3.63) is 36.4 Å². The largest absolute Gasteiger partial charge is 0.494 e. The molecule has 0 fully saturated rings. The predicted octanol–water partition coefficient (Wildman–Crippen LogP) is 3.26. The molecular formula is C12H15ClO2. The van der Waals surface area contributed by atoms with E-state index < -0.39 is 0 Å². The van der Waals surface area contributed by atoms with Gasteiger partial charge < -0.3 is 9.47 Å². The maximum atomic E-state index is 5.59. The zero-order valence-corrected chi connectivity index (χ0v) is 9.59. The molecule has 0 spiro atoms. The van der Waals surface area contributed by atoms with Gasteiger partial charge in [0.05, 0.1) is 6.61 Å². The van der Waals surface area contributed by atoms with Crippen molar-refractivity contribution in [3.63, 3.8) is 0 Å². The minimum absolute atomic E-state index is 0.428. The number of ether oxygens (including phenoxy) is 2. The Morgan fingerprint density at radius 3 is 2.20 bits per heavy atom.